The highest BCUT2D eigenvalue weighted by molar-refractivity contribution is 5.69. The molecule has 2 rings (SSSR count). The van der Waals surface area contributed by atoms with Crippen molar-refractivity contribution in [2.75, 3.05) is 6.61 Å². The van der Waals surface area contributed by atoms with Crippen molar-refractivity contribution in [2.45, 2.75) is 25.7 Å². The van der Waals surface area contributed by atoms with Gasteiger partial charge in [0.25, 0.3) is 0 Å². The molecular formula is C18H19FO2. The molecule has 0 N–H and O–H groups in total. The van der Waals surface area contributed by atoms with E-state index in [0.717, 1.165) is 17.6 Å². The number of rotatable bonds is 6. The fourth-order valence-corrected chi connectivity index (χ4v) is 2.42. The first kappa shape index (κ1) is 15.2. The Bertz CT molecular complexity index is 607. The van der Waals surface area contributed by atoms with Crippen LogP contribution >= 0.6 is 0 Å². The van der Waals surface area contributed by atoms with Gasteiger partial charge in [-0.3, -0.25) is 0 Å². The van der Waals surface area contributed by atoms with Crippen LogP contribution in [0, 0.1) is 5.82 Å². The molecule has 0 saturated carbocycles. The zero-order valence-corrected chi connectivity index (χ0v) is 12.3. The summed E-state index contributed by atoms with van der Waals surface area (Å²) in [5.74, 6) is 0.443. The third-order valence-electron chi connectivity index (χ3n) is 3.55. The van der Waals surface area contributed by atoms with Crippen molar-refractivity contribution in [3.8, 4) is 5.75 Å². The molecule has 0 fully saturated rings. The summed E-state index contributed by atoms with van der Waals surface area (Å²) in [6, 6.07) is 14.0. The molecule has 0 radical (unpaired) electrons. The maximum Gasteiger partial charge on any atom is 0.130 e. The Hall–Kier alpha value is -2.16. The molecule has 0 bridgehead atoms. The van der Waals surface area contributed by atoms with Crippen LogP contribution in [0.25, 0.3) is 0 Å². The Labute approximate surface area is 124 Å². The second kappa shape index (κ2) is 6.53. The topological polar surface area (TPSA) is 26.3 Å². The normalized spacial score (nSPS) is 13.5. The quantitative estimate of drug-likeness (QED) is 0.752. The van der Waals surface area contributed by atoms with Crippen molar-refractivity contribution >= 4 is 6.29 Å². The van der Waals surface area contributed by atoms with Crippen molar-refractivity contribution in [3.63, 3.8) is 0 Å². The number of ether oxygens (including phenoxy) is 1. The molecule has 0 aliphatic carbocycles. The summed E-state index contributed by atoms with van der Waals surface area (Å²) in [5.41, 5.74) is 0.517. The molecule has 0 aromatic heterocycles. The predicted molar refractivity (Wildman–Crippen MR) is 81.1 cm³/mol. The highest BCUT2D eigenvalue weighted by atomic mass is 19.1. The van der Waals surface area contributed by atoms with Crippen molar-refractivity contribution in [1.82, 2.24) is 0 Å². The number of carbonyl (C=O) groups excluding carboxylic acids is 1. The Morgan fingerprint density at radius 1 is 1.14 bits per heavy atom. The van der Waals surface area contributed by atoms with Gasteiger partial charge in [-0.15, -0.1) is 0 Å². The molecule has 0 heterocycles. The van der Waals surface area contributed by atoms with Gasteiger partial charge in [-0.1, -0.05) is 30.3 Å². The molecule has 2 aromatic rings. The zero-order chi connectivity index (χ0) is 15.3. The van der Waals surface area contributed by atoms with E-state index in [2.05, 4.69) is 0 Å². The third kappa shape index (κ3) is 3.48. The van der Waals surface area contributed by atoms with Gasteiger partial charge in [0.2, 0.25) is 0 Å². The average molecular weight is 286 g/mol. The van der Waals surface area contributed by atoms with Gasteiger partial charge < -0.3 is 9.53 Å². The van der Waals surface area contributed by atoms with Gasteiger partial charge in [0.1, 0.15) is 17.9 Å². The maximum absolute atomic E-state index is 14.0. The standard InChI is InChI=1S/C18H19FO2/c1-3-21-15-10-8-14(9-11-15)12-18(2,13-20)16-6-4-5-7-17(16)19/h4-11,13H,3,12H2,1-2H3. The molecule has 21 heavy (non-hydrogen) atoms. The first-order valence-corrected chi connectivity index (χ1v) is 7.02. The maximum atomic E-state index is 14.0. The van der Waals surface area contributed by atoms with Crippen molar-refractivity contribution in [2.24, 2.45) is 0 Å². The van der Waals surface area contributed by atoms with Gasteiger partial charge >= 0.3 is 0 Å². The molecule has 0 aliphatic rings. The lowest BCUT2D eigenvalue weighted by Crippen LogP contribution is -2.28. The number of halogens is 1. The molecule has 2 nitrogen and oxygen atoms in total. The van der Waals surface area contributed by atoms with Crippen LogP contribution in [0.2, 0.25) is 0 Å². The number of aldehydes is 1. The van der Waals surface area contributed by atoms with Crippen LogP contribution in [0.5, 0.6) is 5.75 Å². The highest BCUT2D eigenvalue weighted by Gasteiger charge is 2.29. The van der Waals surface area contributed by atoms with E-state index in [1.54, 1.807) is 25.1 Å². The summed E-state index contributed by atoms with van der Waals surface area (Å²) >= 11 is 0. The van der Waals surface area contributed by atoms with Gasteiger partial charge in [-0.25, -0.2) is 4.39 Å². The van der Waals surface area contributed by atoms with E-state index in [9.17, 15) is 9.18 Å². The Morgan fingerprint density at radius 2 is 1.81 bits per heavy atom. The molecular weight excluding hydrogens is 267 g/mol. The van der Waals surface area contributed by atoms with Crippen LogP contribution in [0.1, 0.15) is 25.0 Å². The predicted octanol–water partition coefficient (Wildman–Crippen LogP) is 3.92. The average Bonchev–Trinajstić information content (AvgIpc) is 2.50. The van der Waals surface area contributed by atoms with Crippen LogP contribution in [0.3, 0.4) is 0 Å². The molecule has 0 aliphatic heterocycles. The SMILES string of the molecule is CCOc1ccc(CC(C)(C=O)c2ccccc2F)cc1. The lowest BCUT2D eigenvalue weighted by atomic mass is 9.78. The van der Waals surface area contributed by atoms with Crippen molar-refractivity contribution < 1.29 is 13.9 Å². The van der Waals surface area contributed by atoms with E-state index in [1.807, 2.05) is 31.2 Å². The van der Waals surface area contributed by atoms with Gasteiger partial charge in [-0.2, -0.15) is 0 Å². The van der Waals surface area contributed by atoms with Gasteiger partial charge in [0.15, 0.2) is 0 Å². The Morgan fingerprint density at radius 3 is 2.38 bits per heavy atom. The number of carbonyl (C=O) groups is 1. The first-order chi connectivity index (χ1) is 10.1. The molecule has 0 spiro atoms. The Kier molecular flexibility index (Phi) is 4.73. The third-order valence-corrected chi connectivity index (χ3v) is 3.55. The van der Waals surface area contributed by atoms with Crippen molar-refractivity contribution in [3.05, 3.63) is 65.5 Å². The molecule has 0 saturated heterocycles. The fraction of sp³-hybridized carbons (Fsp3) is 0.278. The summed E-state index contributed by atoms with van der Waals surface area (Å²) in [5, 5.41) is 0. The molecule has 1 atom stereocenters. The number of hydrogen-bond acceptors (Lipinski definition) is 2. The molecule has 110 valence electrons. The second-order valence-electron chi connectivity index (χ2n) is 5.27. The largest absolute Gasteiger partial charge is 0.494 e. The smallest absolute Gasteiger partial charge is 0.130 e. The van der Waals surface area contributed by atoms with Crippen LogP contribution in [0.15, 0.2) is 48.5 Å². The molecule has 3 heteroatoms. The van der Waals surface area contributed by atoms with Crippen LogP contribution in [-0.2, 0) is 16.6 Å². The van der Waals surface area contributed by atoms with E-state index in [0.29, 0.717) is 18.6 Å². The number of hydrogen-bond donors (Lipinski definition) is 0. The van der Waals surface area contributed by atoms with E-state index in [1.165, 1.54) is 6.07 Å². The minimum absolute atomic E-state index is 0.349. The Balaban J connectivity index is 2.26. The van der Waals surface area contributed by atoms with E-state index in [-0.39, 0.29) is 5.82 Å². The van der Waals surface area contributed by atoms with Crippen LogP contribution < -0.4 is 4.74 Å². The second-order valence-corrected chi connectivity index (χ2v) is 5.27. The van der Waals surface area contributed by atoms with Gasteiger partial charge in [-0.05, 0) is 44.0 Å². The monoisotopic (exact) mass is 286 g/mol. The lowest BCUT2D eigenvalue weighted by molar-refractivity contribution is -0.112. The van der Waals surface area contributed by atoms with Gasteiger partial charge in [0.05, 0.1) is 12.0 Å². The summed E-state index contributed by atoms with van der Waals surface area (Å²) in [6.45, 7) is 4.30. The van der Waals surface area contributed by atoms with E-state index < -0.39 is 5.41 Å². The summed E-state index contributed by atoms with van der Waals surface area (Å²) < 4.78 is 19.4. The molecule has 2 aromatic carbocycles. The van der Waals surface area contributed by atoms with Crippen LogP contribution in [0.4, 0.5) is 4.39 Å². The zero-order valence-electron chi connectivity index (χ0n) is 12.3. The molecule has 0 amide bonds. The molecule has 1 unspecified atom stereocenters. The number of benzene rings is 2. The van der Waals surface area contributed by atoms with Crippen LogP contribution in [-0.4, -0.2) is 12.9 Å². The minimum atomic E-state index is -0.877. The summed E-state index contributed by atoms with van der Waals surface area (Å²) in [4.78, 5) is 11.6. The van der Waals surface area contributed by atoms with E-state index >= 15 is 0 Å². The minimum Gasteiger partial charge on any atom is -0.494 e. The lowest BCUT2D eigenvalue weighted by Gasteiger charge is -2.24. The summed E-state index contributed by atoms with van der Waals surface area (Å²) in [7, 11) is 0. The first-order valence-electron chi connectivity index (χ1n) is 7.02. The highest BCUT2D eigenvalue weighted by Crippen LogP contribution is 2.29. The van der Waals surface area contributed by atoms with E-state index in [4.69, 9.17) is 4.74 Å². The van der Waals surface area contributed by atoms with Gasteiger partial charge in [0, 0.05) is 5.56 Å². The summed E-state index contributed by atoms with van der Waals surface area (Å²) in [6.07, 6.45) is 1.27. The van der Waals surface area contributed by atoms with Crippen molar-refractivity contribution in [1.29, 1.82) is 0 Å². The fourth-order valence-electron chi connectivity index (χ4n) is 2.42.